The van der Waals surface area contributed by atoms with E-state index in [1.165, 1.54) is 6.07 Å². The first kappa shape index (κ1) is 22.0. The third-order valence-corrected chi connectivity index (χ3v) is 4.70. The molecule has 0 saturated carbocycles. The predicted octanol–water partition coefficient (Wildman–Crippen LogP) is 3.55. The molecule has 0 atom stereocenters. The van der Waals surface area contributed by atoms with Gasteiger partial charge in [0.15, 0.2) is 0 Å². The lowest BCUT2D eigenvalue weighted by Gasteiger charge is -2.15. The number of aromatic nitrogens is 2. The number of hydrogen-bond donors (Lipinski definition) is 2. The molecule has 4 N–H and O–H groups in total. The van der Waals surface area contributed by atoms with Gasteiger partial charge in [0, 0.05) is 25.1 Å². The number of rotatable bonds is 7. The Morgan fingerprint density at radius 3 is 2.32 bits per heavy atom. The SMILES string of the molecule is CN=C(COC(=O)c1ccccc1)/C(Cc1ccccc1)=C(\N)c1cc(Cl)nc(N)n1. The van der Waals surface area contributed by atoms with Crippen molar-refractivity contribution in [2.75, 3.05) is 19.4 Å². The fourth-order valence-corrected chi connectivity index (χ4v) is 3.15. The topological polar surface area (TPSA) is 116 Å². The van der Waals surface area contributed by atoms with E-state index in [1.54, 1.807) is 31.3 Å². The highest BCUT2D eigenvalue weighted by atomic mass is 35.5. The molecule has 0 bridgehead atoms. The van der Waals surface area contributed by atoms with Crippen molar-refractivity contribution < 1.29 is 9.53 Å². The average Bonchev–Trinajstić information content (AvgIpc) is 2.78. The lowest BCUT2D eigenvalue weighted by atomic mass is 9.98. The van der Waals surface area contributed by atoms with E-state index in [1.807, 2.05) is 36.4 Å². The molecule has 31 heavy (non-hydrogen) atoms. The smallest absolute Gasteiger partial charge is 0.338 e. The Labute approximate surface area is 185 Å². The largest absolute Gasteiger partial charge is 0.456 e. The van der Waals surface area contributed by atoms with Crippen molar-refractivity contribution in [2.45, 2.75) is 6.42 Å². The van der Waals surface area contributed by atoms with Crippen LogP contribution < -0.4 is 11.5 Å². The molecule has 8 heteroatoms. The van der Waals surface area contributed by atoms with Crippen LogP contribution in [0.1, 0.15) is 21.6 Å². The van der Waals surface area contributed by atoms with Gasteiger partial charge >= 0.3 is 5.97 Å². The number of carbonyl (C=O) groups is 1. The number of benzene rings is 2. The third-order valence-electron chi connectivity index (χ3n) is 4.50. The van der Waals surface area contributed by atoms with Crippen LogP contribution in [0, 0.1) is 0 Å². The summed E-state index contributed by atoms with van der Waals surface area (Å²) in [5.41, 5.74) is 15.5. The van der Waals surface area contributed by atoms with E-state index in [4.69, 9.17) is 27.8 Å². The van der Waals surface area contributed by atoms with Gasteiger partial charge in [-0.15, -0.1) is 0 Å². The quantitative estimate of drug-likeness (QED) is 0.333. The molecule has 1 aromatic heterocycles. The Hall–Kier alpha value is -3.71. The van der Waals surface area contributed by atoms with E-state index in [0.29, 0.717) is 34.7 Å². The minimum atomic E-state index is -0.450. The van der Waals surface area contributed by atoms with E-state index in [0.717, 1.165) is 5.56 Å². The molecular formula is C23H22ClN5O2. The predicted molar refractivity (Wildman–Crippen MR) is 123 cm³/mol. The maximum Gasteiger partial charge on any atom is 0.338 e. The lowest BCUT2D eigenvalue weighted by Crippen LogP contribution is -2.21. The summed E-state index contributed by atoms with van der Waals surface area (Å²) in [7, 11) is 1.62. The normalized spacial score (nSPS) is 12.3. The first-order chi connectivity index (χ1) is 15.0. The van der Waals surface area contributed by atoms with Crippen molar-refractivity contribution in [1.29, 1.82) is 0 Å². The highest BCUT2D eigenvalue weighted by molar-refractivity contribution is 6.29. The second-order valence-corrected chi connectivity index (χ2v) is 6.99. The molecule has 3 aromatic rings. The molecule has 0 unspecified atom stereocenters. The summed E-state index contributed by atoms with van der Waals surface area (Å²) in [5, 5.41) is 0.176. The molecule has 7 nitrogen and oxygen atoms in total. The Kier molecular flexibility index (Phi) is 7.35. The molecule has 3 rings (SSSR count). The molecule has 0 radical (unpaired) electrons. The fraction of sp³-hybridized carbons (Fsp3) is 0.130. The van der Waals surface area contributed by atoms with E-state index < -0.39 is 5.97 Å². The summed E-state index contributed by atoms with van der Waals surface area (Å²) in [4.78, 5) is 24.8. The number of ether oxygens (including phenoxy) is 1. The van der Waals surface area contributed by atoms with Gasteiger partial charge in [-0.3, -0.25) is 4.99 Å². The maximum atomic E-state index is 12.4. The summed E-state index contributed by atoms with van der Waals surface area (Å²) in [6.45, 7) is -0.0542. The number of aliphatic imine (C=N–C) groups is 1. The van der Waals surface area contributed by atoms with Crippen LogP contribution in [0.4, 0.5) is 5.95 Å². The molecule has 0 aliphatic rings. The van der Waals surface area contributed by atoms with E-state index in [-0.39, 0.29) is 17.7 Å². The molecule has 1 heterocycles. The molecule has 158 valence electrons. The van der Waals surface area contributed by atoms with Crippen LogP contribution >= 0.6 is 11.6 Å². The third kappa shape index (κ3) is 5.90. The van der Waals surface area contributed by atoms with Gasteiger partial charge in [-0.2, -0.15) is 0 Å². The highest BCUT2D eigenvalue weighted by Gasteiger charge is 2.18. The lowest BCUT2D eigenvalue weighted by molar-refractivity contribution is 0.0563. The number of esters is 1. The van der Waals surface area contributed by atoms with E-state index in [9.17, 15) is 4.79 Å². The summed E-state index contributed by atoms with van der Waals surface area (Å²) in [5.74, 6) is -0.441. The Morgan fingerprint density at radius 1 is 1.06 bits per heavy atom. The van der Waals surface area contributed by atoms with Crippen LogP contribution in [0.25, 0.3) is 5.70 Å². The molecule has 0 amide bonds. The maximum absolute atomic E-state index is 12.4. The molecule has 0 spiro atoms. The first-order valence-corrected chi connectivity index (χ1v) is 9.87. The Morgan fingerprint density at radius 2 is 1.71 bits per heavy atom. The van der Waals surface area contributed by atoms with Crippen LogP contribution in [0.3, 0.4) is 0 Å². The summed E-state index contributed by atoms with van der Waals surface area (Å²) in [6.07, 6.45) is 0.448. The number of halogens is 1. The zero-order valence-corrected chi connectivity index (χ0v) is 17.7. The molecule has 2 aromatic carbocycles. The van der Waals surface area contributed by atoms with Crippen LogP contribution in [0.5, 0.6) is 0 Å². The van der Waals surface area contributed by atoms with Crippen LogP contribution in [-0.2, 0) is 11.2 Å². The second-order valence-electron chi connectivity index (χ2n) is 6.60. The van der Waals surface area contributed by atoms with Crippen LogP contribution in [-0.4, -0.2) is 35.3 Å². The van der Waals surface area contributed by atoms with Gasteiger partial charge in [0.2, 0.25) is 5.95 Å². The Bertz CT molecular complexity index is 1100. The van der Waals surface area contributed by atoms with Crippen molar-refractivity contribution in [3.63, 3.8) is 0 Å². The van der Waals surface area contributed by atoms with Gasteiger partial charge in [0.25, 0.3) is 0 Å². The van der Waals surface area contributed by atoms with E-state index >= 15 is 0 Å². The minimum Gasteiger partial charge on any atom is -0.456 e. The number of anilines is 1. The second kappa shape index (κ2) is 10.4. The first-order valence-electron chi connectivity index (χ1n) is 9.49. The van der Waals surface area contributed by atoms with Gasteiger partial charge in [-0.05, 0) is 17.7 Å². The minimum absolute atomic E-state index is 0.00926. The van der Waals surface area contributed by atoms with Gasteiger partial charge in [0.1, 0.15) is 11.8 Å². The number of hydrogen-bond acceptors (Lipinski definition) is 7. The van der Waals surface area contributed by atoms with Crippen molar-refractivity contribution in [1.82, 2.24) is 9.97 Å². The van der Waals surface area contributed by atoms with Crippen LogP contribution in [0.15, 0.2) is 77.3 Å². The summed E-state index contributed by atoms with van der Waals surface area (Å²) < 4.78 is 5.49. The fourth-order valence-electron chi connectivity index (χ4n) is 2.96. The number of nitrogens with two attached hydrogens (primary N) is 2. The van der Waals surface area contributed by atoms with Crippen molar-refractivity contribution in [3.05, 3.63) is 94.3 Å². The highest BCUT2D eigenvalue weighted by Crippen LogP contribution is 2.21. The standard InChI is InChI=1S/C23H22ClN5O2/c1-27-19(14-31-22(30)16-10-6-3-7-11-16)17(12-15-8-4-2-5-9-15)21(25)18-13-20(24)29-23(26)28-18/h2-11,13H,12,14,25H2,1H3,(H2,26,28,29)/b21-17-,27-19?. The molecule has 0 saturated heterocycles. The van der Waals surface area contributed by atoms with Crippen molar-refractivity contribution in [2.24, 2.45) is 10.7 Å². The number of nitrogen functional groups attached to an aromatic ring is 1. The molecule has 0 fully saturated rings. The number of nitrogens with zero attached hydrogens (tertiary/aromatic N) is 3. The van der Waals surface area contributed by atoms with E-state index in [2.05, 4.69) is 15.0 Å². The van der Waals surface area contributed by atoms with Gasteiger partial charge in [0.05, 0.1) is 22.7 Å². The van der Waals surface area contributed by atoms with Gasteiger partial charge < -0.3 is 16.2 Å². The molecule has 0 aliphatic carbocycles. The zero-order valence-electron chi connectivity index (χ0n) is 17.0. The molecular weight excluding hydrogens is 414 g/mol. The van der Waals surface area contributed by atoms with Crippen LogP contribution in [0.2, 0.25) is 5.15 Å². The van der Waals surface area contributed by atoms with Gasteiger partial charge in [-0.1, -0.05) is 60.1 Å². The van der Waals surface area contributed by atoms with Gasteiger partial charge in [-0.25, -0.2) is 14.8 Å². The van der Waals surface area contributed by atoms with Crippen molar-refractivity contribution in [3.8, 4) is 0 Å². The van der Waals surface area contributed by atoms with Crippen molar-refractivity contribution >= 4 is 34.9 Å². The summed E-state index contributed by atoms with van der Waals surface area (Å²) >= 11 is 6.03. The summed E-state index contributed by atoms with van der Waals surface area (Å²) in [6, 6.07) is 20.0. The Balaban J connectivity index is 1.94. The monoisotopic (exact) mass is 435 g/mol. The molecule has 0 aliphatic heterocycles. The number of carbonyl (C=O) groups excluding carboxylic acids is 1. The average molecular weight is 436 g/mol. The zero-order chi connectivity index (χ0) is 22.2.